The first-order valence-electron chi connectivity index (χ1n) is 5.16. The molecule has 15 heavy (non-hydrogen) atoms. The van der Waals surface area contributed by atoms with Crippen LogP contribution in [0.2, 0.25) is 0 Å². The van der Waals surface area contributed by atoms with Crippen LogP contribution in [-0.2, 0) is 19.1 Å². The van der Waals surface area contributed by atoms with E-state index in [0.717, 1.165) is 0 Å². The van der Waals surface area contributed by atoms with Gasteiger partial charge in [0.15, 0.2) is 5.78 Å². The van der Waals surface area contributed by atoms with Gasteiger partial charge in [-0.1, -0.05) is 0 Å². The minimum atomic E-state index is -0.922. The van der Waals surface area contributed by atoms with Crippen LogP contribution in [0.5, 0.6) is 0 Å². The molecule has 0 saturated heterocycles. The highest BCUT2D eigenvalue weighted by molar-refractivity contribution is 5.99. The van der Waals surface area contributed by atoms with Gasteiger partial charge in [-0.2, -0.15) is 0 Å². The van der Waals surface area contributed by atoms with Crippen molar-refractivity contribution in [3.63, 3.8) is 0 Å². The van der Waals surface area contributed by atoms with E-state index in [1.807, 2.05) is 27.7 Å². The number of ether oxygens (including phenoxy) is 2. The SMILES string of the molecule is CC(=O)CC(=O)C(OC(C)C)OC(C)C. The maximum absolute atomic E-state index is 11.6. The molecule has 0 aliphatic carbocycles. The lowest BCUT2D eigenvalue weighted by Crippen LogP contribution is -2.33. The standard InChI is InChI=1S/C11H20O4/c1-7(2)14-11(15-8(3)4)10(13)6-9(5)12/h7-8,11H,6H2,1-5H3. The van der Waals surface area contributed by atoms with Gasteiger partial charge >= 0.3 is 0 Å². The van der Waals surface area contributed by atoms with Crippen molar-refractivity contribution < 1.29 is 19.1 Å². The minimum Gasteiger partial charge on any atom is -0.343 e. The summed E-state index contributed by atoms with van der Waals surface area (Å²) in [6.45, 7) is 8.64. The molecule has 0 unspecified atom stereocenters. The Labute approximate surface area is 90.9 Å². The summed E-state index contributed by atoms with van der Waals surface area (Å²) in [4.78, 5) is 22.4. The monoisotopic (exact) mass is 216 g/mol. The maximum Gasteiger partial charge on any atom is 0.218 e. The van der Waals surface area contributed by atoms with Crippen molar-refractivity contribution >= 4 is 11.6 Å². The van der Waals surface area contributed by atoms with Crippen LogP contribution in [0.25, 0.3) is 0 Å². The lowest BCUT2D eigenvalue weighted by atomic mass is 10.2. The minimum absolute atomic E-state index is 0.107. The molecule has 0 aromatic heterocycles. The summed E-state index contributed by atoms with van der Waals surface area (Å²) < 4.78 is 10.6. The number of hydrogen-bond donors (Lipinski definition) is 0. The van der Waals surface area contributed by atoms with Gasteiger partial charge in [0, 0.05) is 0 Å². The Hall–Kier alpha value is -0.740. The van der Waals surface area contributed by atoms with Gasteiger partial charge in [0.1, 0.15) is 5.78 Å². The molecule has 0 aromatic rings. The Morgan fingerprint density at radius 1 is 1.00 bits per heavy atom. The number of rotatable bonds is 7. The van der Waals surface area contributed by atoms with Gasteiger partial charge in [0.05, 0.1) is 18.6 Å². The van der Waals surface area contributed by atoms with Gasteiger partial charge in [-0.25, -0.2) is 0 Å². The number of ketones is 2. The van der Waals surface area contributed by atoms with Gasteiger partial charge in [-0.05, 0) is 34.6 Å². The molecule has 88 valence electrons. The van der Waals surface area contributed by atoms with E-state index in [9.17, 15) is 9.59 Å². The highest BCUT2D eigenvalue weighted by Gasteiger charge is 2.23. The van der Waals surface area contributed by atoms with Crippen LogP contribution in [-0.4, -0.2) is 30.1 Å². The molecule has 4 nitrogen and oxygen atoms in total. The summed E-state index contributed by atoms with van der Waals surface area (Å²) in [6.07, 6.45) is -1.27. The second-order valence-electron chi connectivity index (χ2n) is 4.05. The zero-order valence-electron chi connectivity index (χ0n) is 10.1. The van der Waals surface area contributed by atoms with Crippen molar-refractivity contribution in [3.05, 3.63) is 0 Å². The first kappa shape index (κ1) is 14.3. The zero-order valence-corrected chi connectivity index (χ0v) is 10.1. The van der Waals surface area contributed by atoms with E-state index < -0.39 is 6.29 Å². The van der Waals surface area contributed by atoms with Crippen molar-refractivity contribution in [1.29, 1.82) is 0 Å². The third-order valence-electron chi connectivity index (χ3n) is 1.48. The lowest BCUT2D eigenvalue weighted by molar-refractivity contribution is -0.190. The quantitative estimate of drug-likeness (QED) is 0.480. The smallest absolute Gasteiger partial charge is 0.218 e. The predicted octanol–water partition coefficient (Wildman–Crippen LogP) is 1.71. The van der Waals surface area contributed by atoms with Crippen LogP contribution in [0.3, 0.4) is 0 Å². The molecule has 0 fully saturated rings. The van der Waals surface area contributed by atoms with Crippen molar-refractivity contribution in [1.82, 2.24) is 0 Å². The molecule has 0 N–H and O–H groups in total. The molecule has 0 rings (SSSR count). The Morgan fingerprint density at radius 2 is 1.40 bits per heavy atom. The molecule has 0 heterocycles. The number of Topliss-reactive ketones (excluding diaryl/α,β-unsaturated/α-hetero) is 2. The van der Waals surface area contributed by atoms with Crippen LogP contribution in [0.4, 0.5) is 0 Å². The Bertz CT molecular complexity index is 211. The summed E-state index contributed by atoms with van der Waals surface area (Å²) in [6, 6.07) is 0. The van der Waals surface area contributed by atoms with Crippen LogP contribution in [0, 0.1) is 0 Å². The third kappa shape index (κ3) is 7.22. The van der Waals surface area contributed by atoms with Crippen LogP contribution in [0.15, 0.2) is 0 Å². The fourth-order valence-electron chi connectivity index (χ4n) is 1.01. The van der Waals surface area contributed by atoms with E-state index in [4.69, 9.17) is 9.47 Å². The number of carbonyl (C=O) groups excluding carboxylic acids is 2. The Balaban J connectivity index is 4.33. The molecule has 4 heteroatoms. The van der Waals surface area contributed by atoms with E-state index in [0.29, 0.717) is 0 Å². The number of carbonyl (C=O) groups is 2. The summed E-state index contributed by atoms with van der Waals surface area (Å²) >= 11 is 0. The summed E-state index contributed by atoms with van der Waals surface area (Å²) in [5.74, 6) is -0.491. The first-order valence-corrected chi connectivity index (χ1v) is 5.16. The van der Waals surface area contributed by atoms with E-state index in [1.54, 1.807) is 0 Å². The zero-order chi connectivity index (χ0) is 12.0. The largest absolute Gasteiger partial charge is 0.343 e. The third-order valence-corrected chi connectivity index (χ3v) is 1.48. The Morgan fingerprint density at radius 3 is 1.67 bits per heavy atom. The summed E-state index contributed by atoms with van der Waals surface area (Å²) in [7, 11) is 0. The molecule has 0 atom stereocenters. The number of hydrogen-bond acceptors (Lipinski definition) is 4. The van der Waals surface area contributed by atoms with Gasteiger partial charge in [0.25, 0.3) is 0 Å². The molecule has 0 amide bonds. The molecule has 0 bridgehead atoms. The molecule has 0 spiro atoms. The normalized spacial score (nSPS) is 11.5. The van der Waals surface area contributed by atoms with E-state index in [1.165, 1.54) is 6.92 Å². The maximum atomic E-state index is 11.6. The van der Waals surface area contributed by atoms with Crippen LogP contribution >= 0.6 is 0 Å². The molecular weight excluding hydrogens is 196 g/mol. The predicted molar refractivity (Wildman–Crippen MR) is 56.5 cm³/mol. The highest BCUT2D eigenvalue weighted by Crippen LogP contribution is 2.07. The highest BCUT2D eigenvalue weighted by atomic mass is 16.7. The van der Waals surface area contributed by atoms with Gasteiger partial charge in [-0.3, -0.25) is 9.59 Å². The molecule has 0 aliphatic rings. The van der Waals surface area contributed by atoms with E-state index >= 15 is 0 Å². The average molecular weight is 216 g/mol. The summed E-state index contributed by atoms with van der Waals surface area (Å²) in [5, 5.41) is 0. The first-order chi connectivity index (χ1) is 6.82. The fourth-order valence-corrected chi connectivity index (χ4v) is 1.01. The van der Waals surface area contributed by atoms with Crippen molar-refractivity contribution in [2.45, 2.75) is 59.5 Å². The fraction of sp³-hybridized carbons (Fsp3) is 0.818. The average Bonchev–Trinajstić information content (AvgIpc) is 1.99. The molecular formula is C11H20O4. The van der Waals surface area contributed by atoms with Gasteiger partial charge in [-0.15, -0.1) is 0 Å². The van der Waals surface area contributed by atoms with Gasteiger partial charge in [0.2, 0.25) is 6.29 Å². The molecule has 0 aromatic carbocycles. The molecule has 0 saturated carbocycles. The van der Waals surface area contributed by atoms with Crippen molar-refractivity contribution in [3.8, 4) is 0 Å². The van der Waals surface area contributed by atoms with E-state index in [-0.39, 0.29) is 30.2 Å². The Kier molecular flexibility index (Phi) is 6.36. The molecule has 0 aliphatic heterocycles. The topological polar surface area (TPSA) is 52.6 Å². The van der Waals surface area contributed by atoms with Crippen molar-refractivity contribution in [2.24, 2.45) is 0 Å². The van der Waals surface area contributed by atoms with E-state index in [2.05, 4.69) is 0 Å². The van der Waals surface area contributed by atoms with Gasteiger partial charge < -0.3 is 9.47 Å². The lowest BCUT2D eigenvalue weighted by Gasteiger charge is -2.21. The van der Waals surface area contributed by atoms with Crippen LogP contribution in [0.1, 0.15) is 41.0 Å². The second kappa shape index (κ2) is 6.69. The van der Waals surface area contributed by atoms with Crippen molar-refractivity contribution in [2.75, 3.05) is 0 Å². The van der Waals surface area contributed by atoms with Crippen LogP contribution < -0.4 is 0 Å². The second-order valence-corrected chi connectivity index (χ2v) is 4.05. The summed E-state index contributed by atoms with van der Waals surface area (Å²) in [5.41, 5.74) is 0. The molecule has 0 radical (unpaired) electrons.